The van der Waals surface area contributed by atoms with E-state index in [2.05, 4.69) is 99.4 Å². The predicted molar refractivity (Wildman–Crippen MR) is 226 cm³/mol. The van der Waals surface area contributed by atoms with Crippen LogP contribution in [-0.2, 0) is 6.54 Å². The summed E-state index contributed by atoms with van der Waals surface area (Å²) in [4.78, 5) is 40.0. The number of benzene rings is 2. The Balaban J connectivity index is 0.970. The first-order valence-electron chi connectivity index (χ1n) is 19.0. The van der Waals surface area contributed by atoms with Crippen molar-refractivity contribution >= 4 is 41.2 Å². The molecule has 2 N–H and O–H groups in total. The van der Waals surface area contributed by atoms with E-state index in [4.69, 9.17) is 0 Å². The second-order valence-electron chi connectivity index (χ2n) is 14.6. The molecule has 2 aliphatic rings. The first-order chi connectivity index (χ1) is 26.2. The van der Waals surface area contributed by atoms with Crippen LogP contribution in [0.5, 0.6) is 0 Å². The lowest BCUT2D eigenvalue weighted by Crippen LogP contribution is -2.41. The Morgan fingerprint density at radius 2 is 1.28 bits per heavy atom. The van der Waals surface area contributed by atoms with Crippen molar-refractivity contribution in [3.63, 3.8) is 0 Å². The molecule has 2 aliphatic heterocycles. The molecule has 6 rings (SSSR count). The Bertz CT molecular complexity index is 2020. The van der Waals surface area contributed by atoms with Crippen LogP contribution in [0.25, 0.3) is 17.8 Å². The number of thioether (sulfide) groups is 1. The maximum atomic E-state index is 13.5. The van der Waals surface area contributed by atoms with Gasteiger partial charge in [-0.1, -0.05) is 84.5 Å². The fourth-order valence-corrected chi connectivity index (χ4v) is 7.70. The second-order valence-corrected chi connectivity index (χ2v) is 15.6. The number of rotatable bonds is 15. The van der Waals surface area contributed by atoms with Crippen LogP contribution in [0.2, 0.25) is 0 Å². The molecule has 2 aromatic carbocycles. The molecule has 0 amide bonds. The van der Waals surface area contributed by atoms with Crippen molar-refractivity contribution < 1.29 is 0 Å². The fraction of sp³-hybridized carbons (Fsp3) is 0.395. The first kappa shape index (κ1) is 39.0. The summed E-state index contributed by atoms with van der Waals surface area (Å²) in [7, 11) is 0. The smallest absolute Gasteiger partial charge is 0.297 e. The van der Waals surface area contributed by atoms with Crippen LogP contribution in [-0.4, -0.2) is 92.3 Å². The zero-order valence-electron chi connectivity index (χ0n) is 31.9. The van der Waals surface area contributed by atoms with E-state index in [0.717, 1.165) is 81.8 Å². The zero-order valence-corrected chi connectivity index (χ0v) is 32.7. The van der Waals surface area contributed by atoms with Crippen molar-refractivity contribution in [2.45, 2.75) is 58.2 Å². The number of likely N-dealkylation sites (tertiary alicyclic amines) is 2. The molecule has 4 aromatic rings. The Kier molecular flexibility index (Phi) is 13.8. The number of aromatic nitrogens is 4. The maximum Gasteiger partial charge on any atom is 0.297 e. The third kappa shape index (κ3) is 10.7. The Labute approximate surface area is 323 Å². The van der Waals surface area contributed by atoms with Crippen LogP contribution < -0.4 is 21.8 Å². The fourth-order valence-electron chi connectivity index (χ4n) is 7.32. The van der Waals surface area contributed by atoms with Crippen molar-refractivity contribution in [1.82, 2.24) is 28.9 Å². The molecule has 284 valence electrons. The largest absolute Gasteiger partial charge is 0.363 e. The van der Waals surface area contributed by atoms with E-state index in [0.29, 0.717) is 23.9 Å². The third-order valence-corrected chi connectivity index (χ3v) is 10.8. The molecule has 0 bridgehead atoms. The van der Waals surface area contributed by atoms with Gasteiger partial charge in [0.1, 0.15) is 0 Å². The number of hydrogen-bond acceptors (Lipinski definition) is 9. The molecule has 0 unspecified atom stereocenters. The van der Waals surface area contributed by atoms with E-state index in [1.165, 1.54) is 16.7 Å². The van der Waals surface area contributed by atoms with Crippen LogP contribution in [0.1, 0.15) is 56.2 Å². The average molecular weight is 747 g/mol. The summed E-state index contributed by atoms with van der Waals surface area (Å²) in [5.74, 6) is 1.72. The lowest BCUT2D eigenvalue weighted by Gasteiger charge is -2.32. The highest BCUT2D eigenvalue weighted by Crippen LogP contribution is 2.20. The van der Waals surface area contributed by atoms with Crippen LogP contribution in [0, 0.1) is 0 Å². The molecule has 2 aromatic heterocycles. The van der Waals surface area contributed by atoms with Gasteiger partial charge in [-0.15, -0.1) is 0 Å². The molecule has 0 atom stereocenters. The molecule has 0 aliphatic carbocycles. The minimum Gasteiger partial charge on any atom is -0.363 e. The molecule has 4 heterocycles. The van der Waals surface area contributed by atoms with Gasteiger partial charge in [-0.3, -0.25) is 24.0 Å². The Morgan fingerprint density at radius 1 is 0.759 bits per heavy atom. The molecule has 10 nitrogen and oxygen atoms in total. The van der Waals surface area contributed by atoms with Crippen molar-refractivity contribution in [2.24, 2.45) is 0 Å². The molecule has 54 heavy (non-hydrogen) atoms. The van der Waals surface area contributed by atoms with E-state index in [-0.39, 0.29) is 23.2 Å². The number of anilines is 2. The number of hydrogen-bond donors (Lipinski definition) is 2. The lowest BCUT2D eigenvalue weighted by molar-refractivity contribution is 0.236. The van der Waals surface area contributed by atoms with Gasteiger partial charge in [0.05, 0.1) is 0 Å². The summed E-state index contributed by atoms with van der Waals surface area (Å²) in [6.07, 6.45) is 17.2. The number of aryl methyl sites for hydroxylation is 1. The Hall–Kier alpha value is -4.71. The van der Waals surface area contributed by atoms with Gasteiger partial charge in [-0.2, -0.15) is 11.8 Å². The highest BCUT2D eigenvalue weighted by atomic mass is 32.2. The second kappa shape index (κ2) is 19.1. The quantitative estimate of drug-likeness (QED) is 0.139. The molecule has 0 spiro atoms. The number of piperidine rings is 2. The molecule has 0 saturated carbocycles. The number of nitrogens with one attached hydrogen (secondary N) is 2. The summed E-state index contributed by atoms with van der Waals surface area (Å²) in [6, 6.07) is 19.1. The molecule has 11 heteroatoms. The van der Waals surface area contributed by atoms with Gasteiger partial charge in [0.15, 0.2) is 11.6 Å². The van der Waals surface area contributed by atoms with Crippen LogP contribution >= 0.6 is 11.8 Å². The maximum absolute atomic E-state index is 13.5. The summed E-state index contributed by atoms with van der Waals surface area (Å²) in [5, 5.41) is 6.85. The monoisotopic (exact) mass is 746 g/mol. The lowest BCUT2D eigenvalue weighted by atomic mass is 10.0. The molecule has 2 saturated heterocycles. The SMILES string of the molecule is C=C(c1ccc(/C=C(\C)CN2CCC(Nc3nccn(CCSC)c3=O)CC2)cc1)n1ccnc(NC2CCN(C/C(C)=C/c3ccccc3)CC2)c1=O. The minimum absolute atomic E-state index is 0.0438. The summed E-state index contributed by atoms with van der Waals surface area (Å²) >= 11 is 1.73. The van der Waals surface area contributed by atoms with E-state index in [1.54, 1.807) is 45.7 Å². The number of nitrogens with zero attached hydrogens (tertiary/aromatic N) is 6. The van der Waals surface area contributed by atoms with E-state index in [9.17, 15) is 9.59 Å². The zero-order chi connectivity index (χ0) is 37.9. The summed E-state index contributed by atoms with van der Waals surface area (Å²) in [6.45, 7) is 15.0. The van der Waals surface area contributed by atoms with Crippen LogP contribution in [0.15, 0.2) is 107 Å². The molecular formula is C43H54N8O2S. The van der Waals surface area contributed by atoms with E-state index in [1.807, 2.05) is 24.5 Å². The van der Waals surface area contributed by atoms with Gasteiger partial charge in [0.2, 0.25) is 0 Å². The minimum atomic E-state index is -0.186. The molecule has 0 radical (unpaired) electrons. The van der Waals surface area contributed by atoms with Gasteiger partial charge in [-0.25, -0.2) is 9.97 Å². The Morgan fingerprint density at radius 3 is 1.83 bits per heavy atom. The van der Waals surface area contributed by atoms with E-state index >= 15 is 0 Å². The first-order valence-corrected chi connectivity index (χ1v) is 20.4. The third-order valence-electron chi connectivity index (χ3n) is 10.3. The van der Waals surface area contributed by atoms with Crippen LogP contribution in [0.4, 0.5) is 11.6 Å². The van der Waals surface area contributed by atoms with Gasteiger partial charge in [0, 0.05) is 94.1 Å². The van der Waals surface area contributed by atoms with Crippen molar-refractivity contribution in [3.8, 4) is 0 Å². The van der Waals surface area contributed by atoms with Gasteiger partial charge >= 0.3 is 0 Å². The average Bonchev–Trinajstić information content (AvgIpc) is 3.18. The van der Waals surface area contributed by atoms with Crippen molar-refractivity contribution in [1.29, 1.82) is 0 Å². The van der Waals surface area contributed by atoms with Crippen molar-refractivity contribution in [2.75, 3.05) is 61.9 Å². The normalized spacial score (nSPS) is 16.7. The topological polar surface area (TPSA) is 100 Å². The summed E-state index contributed by atoms with van der Waals surface area (Å²) in [5.41, 5.74) is 6.23. The molecule has 2 fully saturated rings. The highest BCUT2D eigenvalue weighted by Gasteiger charge is 2.22. The standard InChI is InChI=1S/C43H54N8O2S/c1-32(28-35-8-6-5-7-9-35)30-48-22-16-39(17-23-48)47-41-43(53)51(25-19-45-41)34(3)37-12-10-36(11-13-37)29-33(2)31-49-20-14-38(15-21-49)46-40-42(52)50(24-18-44-40)26-27-54-4/h5-13,18-19,24-25,28-29,38-39H,3,14-17,20-23,26-27,30-31H2,1-2,4H3,(H,44,46)(H,45,47)/b32-28+,33-29+. The van der Waals surface area contributed by atoms with Gasteiger partial charge in [0.25, 0.3) is 11.1 Å². The van der Waals surface area contributed by atoms with Gasteiger partial charge in [-0.05, 0) is 62.5 Å². The van der Waals surface area contributed by atoms with Gasteiger partial charge < -0.3 is 15.2 Å². The van der Waals surface area contributed by atoms with E-state index < -0.39 is 0 Å². The highest BCUT2D eigenvalue weighted by molar-refractivity contribution is 7.98. The predicted octanol–water partition coefficient (Wildman–Crippen LogP) is 6.64. The molecular weight excluding hydrogens is 693 g/mol. The van der Waals surface area contributed by atoms with Crippen molar-refractivity contribution in [3.05, 3.63) is 135 Å². The van der Waals surface area contributed by atoms with Crippen LogP contribution in [0.3, 0.4) is 0 Å². The summed E-state index contributed by atoms with van der Waals surface area (Å²) < 4.78 is 3.33.